The molecular formula is C17H28NO+. The average molecular weight is 262 g/mol. The molecule has 0 amide bonds. The van der Waals surface area contributed by atoms with Crippen molar-refractivity contribution in [3.05, 3.63) is 29.8 Å². The summed E-state index contributed by atoms with van der Waals surface area (Å²) in [6, 6.07) is 8.45. The molecule has 1 fully saturated rings. The molecule has 1 N–H and O–H groups in total. The van der Waals surface area contributed by atoms with Crippen LogP contribution in [-0.4, -0.2) is 26.2 Å². The fourth-order valence-electron chi connectivity index (χ4n) is 2.84. The molecule has 0 unspecified atom stereocenters. The van der Waals surface area contributed by atoms with Crippen molar-refractivity contribution in [3.63, 3.8) is 0 Å². The van der Waals surface area contributed by atoms with E-state index in [9.17, 15) is 0 Å². The van der Waals surface area contributed by atoms with Gasteiger partial charge in [0.1, 0.15) is 5.75 Å². The van der Waals surface area contributed by atoms with Gasteiger partial charge in [0.15, 0.2) is 0 Å². The minimum absolute atomic E-state index is 0.150. The first kappa shape index (κ1) is 14.4. The van der Waals surface area contributed by atoms with Crippen LogP contribution >= 0.6 is 0 Å². The van der Waals surface area contributed by atoms with Crippen LogP contribution in [-0.2, 0) is 5.41 Å². The molecule has 1 heterocycles. The van der Waals surface area contributed by atoms with Gasteiger partial charge in [-0.15, -0.1) is 0 Å². The molecule has 0 bridgehead atoms. The van der Waals surface area contributed by atoms with Gasteiger partial charge in [-0.05, 0) is 17.0 Å². The highest BCUT2D eigenvalue weighted by Gasteiger charge is 2.18. The summed E-state index contributed by atoms with van der Waals surface area (Å²) in [5.41, 5.74) is 1.46. The first-order valence-corrected chi connectivity index (χ1v) is 7.63. The highest BCUT2D eigenvalue weighted by atomic mass is 16.5. The van der Waals surface area contributed by atoms with E-state index in [0.717, 1.165) is 18.8 Å². The predicted octanol–water partition coefficient (Wildman–Crippen LogP) is 2.43. The molecule has 0 atom stereocenters. The smallest absolute Gasteiger partial charge is 0.123 e. The quantitative estimate of drug-likeness (QED) is 0.805. The second kappa shape index (κ2) is 6.42. The molecule has 2 nitrogen and oxygen atoms in total. The van der Waals surface area contributed by atoms with Gasteiger partial charge in [-0.1, -0.05) is 39.0 Å². The molecule has 2 heteroatoms. The lowest BCUT2D eigenvalue weighted by Gasteiger charge is -2.22. The van der Waals surface area contributed by atoms with Gasteiger partial charge in [0, 0.05) is 19.3 Å². The minimum Gasteiger partial charge on any atom is -0.493 e. The summed E-state index contributed by atoms with van der Waals surface area (Å²) in [5.74, 6) is 1.06. The number of nitrogens with one attached hydrogen (secondary N) is 1. The molecule has 0 spiro atoms. The Hall–Kier alpha value is -1.02. The highest BCUT2D eigenvalue weighted by Crippen LogP contribution is 2.30. The fraction of sp³-hybridized carbons (Fsp3) is 0.647. The Morgan fingerprint density at radius 1 is 1.11 bits per heavy atom. The summed E-state index contributed by atoms with van der Waals surface area (Å²) in [5, 5.41) is 0. The summed E-state index contributed by atoms with van der Waals surface area (Å²) in [4.78, 5) is 1.76. The van der Waals surface area contributed by atoms with E-state index in [-0.39, 0.29) is 5.41 Å². The number of likely N-dealkylation sites (tertiary alicyclic amines) is 1. The van der Waals surface area contributed by atoms with E-state index in [1.165, 1.54) is 38.0 Å². The van der Waals surface area contributed by atoms with Gasteiger partial charge in [0.25, 0.3) is 0 Å². The van der Waals surface area contributed by atoms with Crippen molar-refractivity contribution in [1.29, 1.82) is 0 Å². The topological polar surface area (TPSA) is 13.7 Å². The molecule has 0 radical (unpaired) electrons. The fourth-order valence-corrected chi connectivity index (χ4v) is 2.84. The summed E-state index contributed by atoms with van der Waals surface area (Å²) in [7, 11) is 0. The van der Waals surface area contributed by atoms with E-state index in [1.54, 1.807) is 4.90 Å². The second-order valence-electron chi connectivity index (χ2n) is 6.66. The lowest BCUT2D eigenvalue weighted by atomic mass is 9.86. The normalized spacial score (nSPS) is 16.8. The third kappa shape index (κ3) is 4.24. The number of benzene rings is 1. The van der Waals surface area contributed by atoms with Crippen molar-refractivity contribution in [3.8, 4) is 5.75 Å². The third-order valence-corrected chi connectivity index (χ3v) is 3.94. The van der Waals surface area contributed by atoms with Crippen LogP contribution in [0.2, 0.25) is 0 Å². The maximum absolute atomic E-state index is 6.01. The van der Waals surface area contributed by atoms with Gasteiger partial charge >= 0.3 is 0 Å². The second-order valence-corrected chi connectivity index (χ2v) is 6.66. The summed E-state index contributed by atoms with van der Waals surface area (Å²) in [6.07, 6.45) is 3.97. The first-order chi connectivity index (χ1) is 9.07. The van der Waals surface area contributed by atoms with E-state index in [4.69, 9.17) is 4.74 Å². The molecule has 0 aromatic heterocycles. The molecule has 0 aliphatic carbocycles. The maximum atomic E-state index is 6.01. The van der Waals surface area contributed by atoms with E-state index >= 15 is 0 Å². The number of rotatable bonds is 5. The van der Waals surface area contributed by atoms with E-state index in [1.807, 2.05) is 0 Å². The summed E-state index contributed by atoms with van der Waals surface area (Å²) < 4.78 is 6.01. The van der Waals surface area contributed by atoms with Crippen LogP contribution in [0.3, 0.4) is 0 Å². The van der Waals surface area contributed by atoms with E-state index < -0.39 is 0 Å². The Labute approximate surface area is 117 Å². The summed E-state index contributed by atoms with van der Waals surface area (Å²) >= 11 is 0. The zero-order valence-electron chi connectivity index (χ0n) is 12.7. The van der Waals surface area contributed by atoms with Crippen LogP contribution in [0, 0.1) is 0 Å². The van der Waals surface area contributed by atoms with E-state index in [0.29, 0.717) is 0 Å². The number of para-hydroxylation sites is 1. The molecule has 1 aromatic rings. The van der Waals surface area contributed by atoms with Gasteiger partial charge in [0.05, 0.1) is 26.2 Å². The van der Waals surface area contributed by atoms with Crippen LogP contribution in [0.5, 0.6) is 5.75 Å². The molecule has 1 saturated heterocycles. The van der Waals surface area contributed by atoms with Crippen LogP contribution in [0.4, 0.5) is 0 Å². The Morgan fingerprint density at radius 2 is 1.79 bits per heavy atom. The molecular weight excluding hydrogens is 234 g/mol. The van der Waals surface area contributed by atoms with Gasteiger partial charge in [-0.25, -0.2) is 0 Å². The number of quaternary nitrogens is 1. The van der Waals surface area contributed by atoms with Crippen LogP contribution in [0.15, 0.2) is 24.3 Å². The standard InChI is InChI=1S/C17H27NO/c1-17(2,3)15-9-4-5-10-16(15)19-14-8-13-18-11-6-7-12-18/h4-5,9-10H,6-8,11-14H2,1-3H3/p+1. The van der Waals surface area contributed by atoms with Crippen LogP contribution in [0.1, 0.15) is 45.6 Å². The van der Waals surface area contributed by atoms with Gasteiger partial charge in [-0.2, -0.15) is 0 Å². The van der Waals surface area contributed by atoms with Crippen molar-refractivity contribution in [1.82, 2.24) is 0 Å². The van der Waals surface area contributed by atoms with Crippen LogP contribution in [0.25, 0.3) is 0 Å². The molecule has 19 heavy (non-hydrogen) atoms. The lowest BCUT2D eigenvalue weighted by Crippen LogP contribution is -3.10. The number of hydrogen-bond acceptors (Lipinski definition) is 1. The van der Waals surface area contributed by atoms with Crippen molar-refractivity contribution < 1.29 is 9.64 Å². The average Bonchev–Trinajstić information content (AvgIpc) is 2.87. The Kier molecular flexibility index (Phi) is 4.87. The van der Waals surface area contributed by atoms with E-state index in [2.05, 4.69) is 45.0 Å². The molecule has 0 saturated carbocycles. The Morgan fingerprint density at radius 3 is 2.47 bits per heavy atom. The minimum atomic E-state index is 0.150. The van der Waals surface area contributed by atoms with Gasteiger partial charge in [0.2, 0.25) is 0 Å². The monoisotopic (exact) mass is 262 g/mol. The van der Waals surface area contributed by atoms with Gasteiger partial charge < -0.3 is 9.64 Å². The molecule has 1 aliphatic heterocycles. The number of ether oxygens (including phenoxy) is 1. The highest BCUT2D eigenvalue weighted by molar-refractivity contribution is 5.38. The molecule has 2 rings (SSSR count). The molecule has 1 aromatic carbocycles. The van der Waals surface area contributed by atoms with Crippen molar-refractivity contribution in [2.45, 2.75) is 45.4 Å². The zero-order chi connectivity index (χ0) is 13.7. The predicted molar refractivity (Wildman–Crippen MR) is 80.1 cm³/mol. The van der Waals surface area contributed by atoms with Crippen molar-refractivity contribution >= 4 is 0 Å². The summed E-state index contributed by atoms with van der Waals surface area (Å²) in [6.45, 7) is 11.5. The zero-order valence-corrected chi connectivity index (χ0v) is 12.7. The largest absolute Gasteiger partial charge is 0.493 e. The van der Waals surface area contributed by atoms with Gasteiger partial charge in [-0.3, -0.25) is 0 Å². The van der Waals surface area contributed by atoms with Crippen molar-refractivity contribution in [2.75, 3.05) is 26.2 Å². The first-order valence-electron chi connectivity index (χ1n) is 7.63. The SMILES string of the molecule is CC(C)(C)c1ccccc1OCCC[NH+]1CCCC1. The third-order valence-electron chi connectivity index (χ3n) is 3.94. The van der Waals surface area contributed by atoms with Crippen molar-refractivity contribution in [2.24, 2.45) is 0 Å². The molecule has 106 valence electrons. The Bertz CT molecular complexity index is 388. The Balaban J connectivity index is 1.82. The maximum Gasteiger partial charge on any atom is 0.123 e. The van der Waals surface area contributed by atoms with Crippen LogP contribution < -0.4 is 9.64 Å². The number of hydrogen-bond donors (Lipinski definition) is 1. The lowest BCUT2D eigenvalue weighted by molar-refractivity contribution is -0.887. The molecule has 1 aliphatic rings.